The van der Waals surface area contributed by atoms with E-state index in [4.69, 9.17) is 4.52 Å². The molecule has 3 aliphatic rings. The molecule has 0 atom stereocenters. The predicted molar refractivity (Wildman–Crippen MR) is 103 cm³/mol. The van der Waals surface area contributed by atoms with Crippen molar-refractivity contribution in [1.82, 2.24) is 25.3 Å². The summed E-state index contributed by atoms with van der Waals surface area (Å²) in [6, 6.07) is 3.61. The second-order valence-corrected chi connectivity index (χ2v) is 8.77. The van der Waals surface area contributed by atoms with Crippen molar-refractivity contribution in [3.63, 3.8) is 0 Å². The van der Waals surface area contributed by atoms with Gasteiger partial charge in [0.15, 0.2) is 5.82 Å². The zero-order valence-corrected chi connectivity index (χ0v) is 16.6. The first-order valence-corrected chi connectivity index (χ1v) is 10.4. The number of nitrogens with zero attached hydrogens (tertiary/aromatic N) is 4. The molecule has 0 bridgehead atoms. The van der Waals surface area contributed by atoms with Gasteiger partial charge >= 0.3 is 6.03 Å². The number of pyridine rings is 1. The standard InChI is InChI=1S/C21H25N5O3/c1-14-3-9-21(10-4-14)18(27)26(19(28)24-21)13-16-23-17(25-29-16)20(7-2-8-20)15-5-11-22-12-6-15/h5-6,11-12,14H,2-4,7-10,13H2,1H3,(H,24,28). The van der Waals surface area contributed by atoms with E-state index in [1.54, 1.807) is 12.4 Å². The molecule has 3 amide bonds. The third-order valence-electron chi connectivity index (χ3n) is 7.00. The Morgan fingerprint density at radius 2 is 1.90 bits per heavy atom. The molecule has 0 radical (unpaired) electrons. The zero-order valence-electron chi connectivity index (χ0n) is 16.6. The molecule has 2 aromatic rings. The zero-order chi connectivity index (χ0) is 20.1. The Morgan fingerprint density at radius 1 is 1.17 bits per heavy atom. The Hall–Kier alpha value is -2.77. The van der Waals surface area contributed by atoms with Gasteiger partial charge in [0.05, 0.1) is 5.41 Å². The number of urea groups is 1. The lowest BCUT2D eigenvalue weighted by Gasteiger charge is -2.39. The SMILES string of the molecule is CC1CCC2(CC1)NC(=O)N(Cc1nc(C3(c4ccncc4)CCC3)no1)C2=O. The van der Waals surface area contributed by atoms with Gasteiger partial charge in [0, 0.05) is 12.4 Å². The van der Waals surface area contributed by atoms with Crippen LogP contribution in [0.15, 0.2) is 29.0 Å². The molecule has 2 saturated carbocycles. The highest BCUT2D eigenvalue weighted by Crippen LogP contribution is 2.47. The fourth-order valence-electron chi connectivity index (χ4n) is 4.91. The summed E-state index contributed by atoms with van der Waals surface area (Å²) in [5.74, 6) is 1.34. The topological polar surface area (TPSA) is 101 Å². The second-order valence-electron chi connectivity index (χ2n) is 8.77. The quantitative estimate of drug-likeness (QED) is 0.799. The Bertz CT molecular complexity index is 929. The van der Waals surface area contributed by atoms with Gasteiger partial charge in [-0.25, -0.2) is 4.79 Å². The number of amides is 3. The van der Waals surface area contributed by atoms with Crippen LogP contribution in [0.3, 0.4) is 0 Å². The van der Waals surface area contributed by atoms with E-state index in [0.29, 0.717) is 30.5 Å². The molecule has 1 aliphatic heterocycles. The Balaban J connectivity index is 1.36. The maximum atomic E-state index is 13.0. The highest BCUT2D eigenvalue weighted by atomic mass is 16.5. The molecular weight excluding hydrogens is 370 g/mol. The first-order chi connectivity index (χ1) is 14.0. The lowest BCUT2D eigenvalue weighted by atomic mass is 9.64. The molecule has 152 valence electrons. The van der Waals surface area contributed by atoms with E-state index in [-0.39, 0.29) is 23.9 Å². The van der Waals surface area contributed by atoms with Crippen molar-refractivity contribution in [1.29, 1.82) is 0 Å². The molecule has 5 rings (SSSR count). The first-order valence-electron chi connectivity index (χ1n) is 10.4. The summed E-state index contributed by atoms with van der Waals surface area (Å²) >= 11 is 0. The number of hydrogen-bond donors (Lipinski definition) is 1. The van der Waals surface area contributed by atoms with Gasteiger partial charge in [-0.1, -0.05) is 18.5 Å². The van der Waals surface area contributed by atoms with Crippen LogP contribution in [0, 0.1) is 5.92 Å². The van der Waals surface area contributed by atoms with Crippen molar-refractivity contribution in [2.45, 2.75) is 69.4 Å². The van der Waals surface area contributed by atoms with Crippen molar-refractivity contribution in [2.24, 2.45) is 5.92 Å². The number of carbonyl (C=O) groups is 2. The molecule has 2 aliphatic carbocycles. The summed E-state index contributed by atoms with van der Waals surface area (Å²) in [4.78, 5) is 35.5. The second kappa shape index (κ2) is 6.64. The third-order valence-corrected chi connectivity index (χ3v) is 7.00. The van der Waals surface area contributed by atoms with E-state index in [9.17, 15) is 9.59 Å². The monoisotopic (exact) mass is 395 g/mol. The summed E-state index contributed by atoms with van der Waals surface area (Å²) in [6.45, 7) is 2.20. The van der Waals surface area contributed by atoms with E-state index in [1.165, 1.54) is 4.90 Å². The Morgan fingerprint density at radius 3 is 2.55 bits per heavy atom. The maximum absolute atomic E-state index is 13.0. The molecule has 1 spiro atoms. The molecule has 2 aromatic heterocycles. The lowest BCUT2D eigenvalue weighted by Crippen LogP contribution is -2.49. The van der Waals surface area contributed by atoms with Crippen LogP contribution >= 0.6 is 0 Å². The van der Waals surface area contributed by atoms with Gasteiger partial charge in [-0.3, -0.25) is 14.7 Å². The molecule has 0 aromatic carbocycles. The summed E-state index contributed by atoms with van der Waals surface area (Å²) in [5.41, 5.74) is 0.109. The third kappa shape index (κ3) is 2.84. The van der Waals surface area contributed by atoms with E-state index < -0.39 is 5.54 Å². The van der Waals surface area contributed by atoms with Crippen molar-refractivity contribution in [3.8, 4) is 0 Å². The molecule has 1 saturated heterocycles. The minimum Gasteiger partial charge on any atom is -0.337 e. The van der Waals surface area contributed by atoms with Gasteiger partial charge in [0.1, 0.15) is 12.1 Å². The van der Waals surface area contributed by atoms with Gasteiger partial charge in [-0.15, -0.1) is 0 Å². The number of hydrogen-bond acceptors (Lipinski definition) is 6. The molecule has 8 nitrogen and oxygen atoms in total. The van der Waals surface area contributed by atoms with Gasteiger partial charge in [-0.2, -0.15) is 4.98 Å². The highest BCUT2D eigenvalue weighted by molar-refractivity contribution is 6.06. The van der Waals surface area contributed by atoms with E-state index in [1.807, 2.05) is 12.1 Å². The maximum Gasteiger partial charge on any atom is 0.325 e. The van der Waals surface area contributed by atoms with Crippen LogP contribution in [0.25, 0.3) is 0 Å². The smallest absolute Gasteiger partial charge is 0.325 e. The largest absolute Gasteiger partial charge is 0.337 e. The number of rotatable bonds is 4. The van der Waals surface area contributed by atoms with Crippen molar-refractivity contribution in [3.05, 3.63) is 41.8 Å². The van der Waals surface area contributed by atoms with E-state index in [2.05, 4.69) is 27.4 Å². The average Bonchev–Trinajstić information content (AvgIpc) is 3.24. The van der Waals surface area contributed by atoms with Crippen LogP contribution in [-0.2, 0) is 16.8 Å². The normalized spacial score (nSPS) is 28.4. The van der Waals surface area contributed by atoms with E-state index >= 15 is 0 Å². The van der Waals surface area contributed by atoms with Crippen LogP contribution in [-0.4, -0.2) is 37.5 Å². The van der Waals surface area contributed by atoms with E-state index in [0.717, 1.165) is 37.7 Å². The molecule has 3 heterocycles. The Kier molecular flexibility index (Phi) is 4.18. The molecular formula is C21H25N5O3. The molecule has 3 fully saturated rings. The van der Waals surface area contributed by atoms with Gasteiger partial charge in [-0.05, 0) is 62.1 Å². The minimum absolute atomic E-state index is 0.0153. The molecule has 8 heteroatoms. The van der Waals surface area contributed by atoms with Gasteiger partial charge < -0.3 is 9.84 Å². The van der Waals surface area contributed by atoms with Crippen LogP contribution in [0.2, 0.25) is 0 Å². The van der Waals surface area contributed by atoms with Crippen LogP contribution < -0.4 is 5.32 Å². The van der Waals surface area contributed by atoms with Crippen molar-refractivity contribution < 1.29 is 14.1 Å². The summed E-state index contributed by atoms with van der Waals surface area (Å²) in [7, 11) is 0. The van der Waals surface area contributed by atoms with Gasteiger partial charge in [0.2, 0.25) is 5.89 Å². The van der Waals surface area contributed by atoms with Crippen LogP contribution in [0.5, 0.6) is 0 Å². The number of imide groups is 1. The number of carbonyl (C=O) groups excluding carboxylic acids is 2. The predicted octanol–water partition coefficient (Wildman–Crippen LogP) is 2.94. The average molecular weight is 395 g/mol. The number of aromatic nitrogens is 3. The molecule has 0 unspecified atom stereocenters. The fourth-order valence-corrected chi connectivity index (χ4v) is 4.91. The van der Waals surface area contributed by atoms with Crippen LogP contribution in [0.4, 0.5) is 4.79 Å². The van der Waals surface area contributed by atoms with Crippen molar-refractivity contribution in [2.75, 3.05) is 0 Å². The first kappa shape index (κ1) is 18.3. The fraction of sp³-hybridized carbons (Fsp3) is 0.571. The molecule has 1 N–H and O–H groups in total. The summed E-state index contributed by atoms with van der Waals surface area (Å²) < 4.78 is 5.47. The summed E-state index contributed by atoms with van der Waals surface area (Å²) in [5, 5.41) is 7.15. The minimum atomic E-state index is -0.751. The summed E-state index contributed by atoms with van der Waals surface area (Å²) in [6.07, 6.45) is 9.80. The highest BCUT2D eigenvalue weighted by Gasteiger charge is 2.52. The van der Waals surface area contributed by atoms with Gasteiger partial charge in [0.25, 0.3) is 5.91 Å². The molecule has 29 heavy (non-hydrogen) atoms. The lowest BCUT2D eigenvalue weighted by molar-refractivity contribution is -0.133. The van der Waals surface area contributed by atoms with Crippen LogP contribution in [0.1, 0.15) is 69.1 Å². The van der Waals surface area contributed by atoms with Crippen molar-refractivity contribution >= 4 is 11.9 Å². The number of nitrogens with one attached hydrogen (secondary N) is 1. The Labute approximate surface area is 169 Å².